The standard InChI is InChI=1S/C4H3NO2S/c6-4(8)3-1-5-2-7-3/h1-2H,(H,6,8). The SMILES string of the molecule is O=C(S)c1cnco1. The molecule has 0 radical (unpaired) electrons. The second kappa shape index (κ2) is 2.00. The summed E-state index contributed by atoms with van der Waals surface area (Å²) < 4.78 is 4.56. The van der Waals surface area contributed by atoms with Crippen LogP contribution in [0.3, 0.4) is 0 Å². The highest BCUT2D eigenvalue weighted by Gasteiger charge is 2.00. The summed E-state index contributed by atoms with van der Waals surface area (Å²) >= 11 is 3.48. The first-order chi connectivity index (χ1) is 3.80. The highest BCUT2D eigenvalue weighted by molar-refractivity contribution is 7.97. The molecule has 0 aliphatic carbocycles. The topological polar surface area (TPSA) is 43.1 Å². The third-order valence-electron chi connectivity index (χ3n) is 0.643. The largest absolute Gasteiger partial charge is 0.439 e. The molecule has 0 saturated heterocycles. The van der Waals surface area contributed by atoms with Crippen LogP contribution in [-0.2, 0) is 0 Å². The van der Waals surface area contributed by atoms with Crippen LogP contribution < -0.4 is 0 Å². The second-order valence-corrected chi connectivity index (χ2v) is 1.58. The van der Waals surface area contributed by atoms with Gasteiger partial charge in [-0.3, -0.25) is 4.79 Å². The van der Waals surface area contributed by atoms with E-state index in [1.54, 1.807) is 0 Å². The summed E-state index contributed by atoms with van der Waals surface area (Å²) in [5.74, 6) is 0.174. The Morgan fingerprint density at radius 1 is 1.88 bits per heavy atom. The molecule has 0 fully saturated rings. The number of nitrogens with zero attached hydrogens (tertiary/aromatic N) is 1. The van der Waals surface area contributed by atoms with E-state index in [2.05, 4.69) is 22.0 Å². The van der Waals surface area contributed by atoms with Gasteiger partial charge in [-0.05, 0) is 0 Å². The van der Waals surface area contributed by atoms with Gasteiger partial charge >= 0.3 is 0 Å². The molecule has 0 aromatic carbocycles. The number of carbonyl (C=O) groups is 1. The predicted molar refractivity (Wildman–Crippen MR) is 29.8 cm³/mol. The van der Waals surface area contributed by atoms with E-state index < -0.39 is 5.12 Å². The van der Waals surface area contributed by atoms with Crippen LogP contribution in [0, 0.1) is 0 Å². The number of hydrogen-bond acceptors (Lipinski definition) is 3. The Labute approximate surface area is 51.1 Å². The molecule has 0 saturated carbocycles. The maximum Gasteiger partial charge on any atom is 0.253 e. The number of thiol groups is 1. The van der Waals surface area contributed by atoms with Crippen molar-refractivity contribution in [2.24, 2.45) is 0 Å². The molecule has 1 heterocycles. The van der Waals surface area contributed by atoms with Crippen LogP contribution in [0.2, 0.25) is 0 Å². The number of oxazole rings is 1. The minimum Gasteiger partial charge on any atom is -0.439 e. The number of carbonyl (C=O) groups excluding carboxylic acids is 1. The van der Waals surface area contributed by atoms with Crippen molar-refractivity contribution in [1.29, 1.82) is 0 Å². The lowest BCUT2D eigenvalue weighted by atomic mass is 10.6. The minimum absolute atomic E-state index is 0.174. The average Bonchev–Trinajstić information content (AvgIpc) is 2.12. The summed E-state index contributed by atoms with van der Waals surface area (Å²) in [6.45, 7) is 0. The molecule has 0 atom stereocenters. The first kappa shape index (κ1) is 5.37. The molecule has 42 valence electrons. The van der Waals surface area contributed by atoms with Gasteiger partial charge in [-0.15, -0.1) is 0 Å². The summed E-state index contributed by atoms with van der Waals surface area (Å²) in [5.41, 5.74) is 0. The maximum absolute atomic E-state index is 10.2. The number of hydrogen-bond donors (Lipinski definition) is 1. The van der Waals surface area contributed by atoms with Crippen LogP contribution in [0.1, 0.15) is 10.6 Å². The van der Waals surface area contributed by atoms with Crippen molar-refractivity contribution in [3.63, 3.8) is 0 Å². The van der Waals surface area contributed by atoms with Crippen LogP contribution in [0.5, 0.6) is 0 Å². The van der Waals surface area contributed by atoms with E-state index in [0.29, 0.717) is 0 Å². The maximum atomic E-state index is 10.2. The lowest BCUT2D eigenvalue weighted by Gasteiger charge is -1.77. The van der Waals surface area contributed by atoms with E-state index in [4.69, 9.17) is 0 Å². The van der Waals surface area contributed by atoms with Gasteiger partial charge in [-0.1, -0.05) is 12.6 Å². The van der Waals surface area contributed by atoms with E-state index in [-0.39, 0.29) is 5.76 Å². The Balaban J connectivity index is 2.93. The molecule has 0 unspecified atom stereocenters. The Bertz CT molecular complexity index is 182. The average molecular weight is 129 g/mol. The van der Waals surface area contributed by atoms with Crippen molar-refractivity contribution in [3.05, 3.63) is 18.4 Å². The summed E-state index contributed by atoms with van der Waals surface area (Å²) in [6.07, 6.45) is 2.50. The van der Waals surface area contributed by atoms with Gasteiger partial charge in [0.1, 0.15) is 0 Å². The monoisotopic (exact) mass is 129 g/mol. The van der Waals surface area contributed by atoms with Crippen LogP contribution >= 0.6 is 12.6 Å². The van der Waals surface area contributed by atoms with Gasteiger partial charge in [0.15, 0.2) is 6.39 Å². The molecule has 8 heavy (non-hydrogen) atoms. The van der Waals surface area contributed by atoms with E-state index in [1.807, 2.05) is 0 Å². The van der Waals surface area contributed by atoms with E-state index >= 15 is 0 Å². The van der Waals surface area contributed by atoms with Crippen molar-refractivity contribution in [3.8, 4) is 0 Å². The first-order valence-electron chi connectivity index (χ1n) is 1.92. The van der Waals surface area contributed by atoms with Crippen LogP contribution in [0.25, 0.3) is 0 Å². The number of aromatic nitrogens is 1. The third kappa shape index (κ3) is 0.894. The van der Waals surface area contributed by atoms with E-state index in [0.717, 1.165) is 0 Å². The molecule has 3 nitrogen and oxygen atoms in total. The summed E-state index contributed by atoms with van der Waals surface area (Å²) in [6, 6.07) is 0. The third-order valence-corrected chi connectivity index (χ3v) is 0.863. The Hall–Kier alpha value is -0.770. The highest BCUT2D eigenvalue weighted by atomic mass is 32.1. The lowest BCUT2D eigenvalue weighted by molar-refractivity contribution is 0.106. The zero-order valence-corrected chi connectivity index (χ0v) is 4.76. The molecule has 0 amide bonds. The zero-order chi connectivity index (χ0) is 5.98. The van der Waals surface area contributed by atoms with E-state index in [9.17, 15) is 4.79 Å². The Morgan fingerprint density at radius 3 is 2.88 bits per heavy atom. The lowest BCUT2D eigenvalue weighted by Crippen LogP contribution is -1.81. The Kier molecular flexibility index (Phi) is 1.34. The molecule has 0 aliphatic rings. The smallest absolute Gasteiger partial charge is 0.253 e. The summed E-state index contributed by atoms with van der Waals surface area (Å²) in [7, 11) is 0. The van der Waals surface area contributed by atoms with Gasteiger partial charge in [0, 0.05) is 0 Å². The van der Waals surface area contributed by atoms with Gasteiger partial charge in [0.25, 0.3) is 5.12 Å². The molecule has 0 spiro atoms. The van der Waals surface area contributed by atoms with Crippen molar-refractivity contribution in [2.45, 2.75) is 0 Å². The van der Waals surface area contributed by atoms with Crippen molar-refractivity contribution >= 4 is 17.7 Å². The summed E-state index contributed by atoms with van der Waals surface area (Å²) in [4.78, 5) is 13.7. The normalized spacial score (nSPS) is 9.12. The van der Waals surface area contributed by atoms with Crippen molar-refractivity contribution in [1.82, 2.24) is 4.98 Å². The van der Waals surface area contributed by atoms with Crippen LogP contribution in [0.4, 0.5) is 0 Å². The second-order valence-electron chi connectivity index (χ2n) is 1.17. The van der Waals surface area contributed by atoms with Gasteiger partial charge < -0.3 is 4.42 Å². The number of rotatable bonds is 1. The van der Waals surface area contributed by atoms with Gasteiger partial charge in [-0.2, -0.15) is 0 Å². The summed E-state index contributed by atoms with van der Waals surface area (Å²) in [5, 5.41) is -0.400. The molecule has 1 aromatic rings. The molecule has 0 N–H and O–H groups in total. The Morgan fingerprint density at radius 2 is 2.62 bits per heavy atom. The molecule has 1 rings (SSSR count). The quantitative estimate of drug-likeness (QED) is 0.569. The van der Waals surface area contributed by atoms with Gasteiger partial charge in [0.05, 0.1) is 6.20 Å². The van der Waals surface area contributed by atoms with Crippen LogP contribution in [-0.4, -0.2) is 10.1 Å². The fraction of sp³-hybridized carbons (Fsp3) is 0. The molecule has 4 heteroatoms. The van der Waals surface area contributed by atoms with Crippen LogP contribution in [0.15, 0.2) is 17.0 Å². The minimum atomic E-state index is -0.400. The molecular formula is C4H3NO2S. The van der Waals surface area contributed by atoms with Crippen molar-refractivity contribution < 1.29 is 9.21 Å². The van der Waals surface area contributed by atoms with Gasteiger partial charge in [0.2, 0.25) is 5.76 Å². The molecule has 0 bridgehead atoms. The van der Waals surface area contributed by atoms with E-state index in [1.165, 1.54) is 12.6 Å². The molecule has 1 aromatic heterocycles. The highest BCUT2D eigenvalue weighted by Crippen LogP contribution is 1.99. The first-order valence-corrected chi connectivity index (χ1v) is 2.37. The zero-order valence-electron chi connectivity index (χ0n) is 3.87. The molecular weight excluding hydrogens is 126 g/mol. The fourth-order valence-corrected chi connectivity index (χ4v) is 0.432. The van der Waals surface area contributed by atoms with Gasteiger partial charge in [-0.25, -0.2) is 4.98 Å². The molecule has 0 aliphatic heterocycles. The predicted octanol–water partition coefficient (Wildman–Crippen LogP) is 0.745. The fourth-order valence-electron chi connectivity index (χ4n) is 0.321. The van der Waals surface area contributed by atoms with Crippen molar-refractivity contribution in [2.75, 3.05) is 0 Å².